The van der Waals surface area contributed by atoms with Crippen LogP contribution in [0.2, 0.25) is 0 Å². The van der Waals surface area contributed by atoms with Crippen LogP contribution in [0.1, 0.15) is 43.0 Å². The second-order valence-corrected chi connectivity index (χ2v) is 8.99. The Labute approximate surface area is 210 Å². The third-order valence-electron chi connectivity index (χ3n) is 6.29. The fourth-order valence-electron chi connectivity index (χ4n) is 4.11. The van der Waals surface area contributed by atoms with Gasteiger partial charge in [-0.05, 0) is 66.6 Å². The second kappa shape index (κ2) is 11.9. The topological polar surface area (TPSA) is 22.1 Å². The molecule has 2 nitrogen and oxygen atoms in total. The molecule has 3 aromatic carbocycles. The number of halogens is 3. The summed E-state index contributed by atoms with van der Waals surface area (Å²) < 4.78 is 49.5. The monoisotopic (exact) mass is 489 g/mol. The SMILES string of the molecule is CCCCCOc1ccc(-c2ccc(CCc3ccc(-c4ccc(C)nc4)c(F)c3F)cc2)cc1F. The van der Waals surface area contributed by atoms with Gasteiger partial charge in [-0.1, -0.05) is 68.3 Å². The number of rotatable bonds is 10. The molecule has 186 valence electrons. The van der Waals surface area contributed by atoms with E-state index in [-0.39, 0.29) is 17.1 Å². The molecule has 0 aliphatic heterocycles. The molecular weight excluding hydrogens is 459 g/mol. The number of aryl methyl sites for hydroxylation is 3. The number of pyridine rings is 1. The number of benzene rings is 3. The Balaban J connectivity index is 1.39. The average Bonchev–Trinajstić information content (AvgIpc) is 2.89. The molecule has 0 aliphatic carbocycles. The lowest BCUT2D eigenvalue weighted by Gasteiger charge is -2.10. The lowest BCUT2D eigenvalue weighted by molar-refractivity contribution is 0.291. The predicted octanol–water partition coefficient (Wildman–Crippen LogP) is 8.50. The van der Waals surface area contributed by atoms with Crippen LogP contribution in [0.15, 0.2) is 72.9 Å². The minimum atomic E-state index is -0.853. The quantitative estimate of drug-likeness (QED) is 0.208. The first-order chi connectivity index (χ1) is 17.5. The van der Waals surface area contributed by atoms with Crippen LogP contribution in [0.3, 0.4) is 0 Å². The third-order valence-corrected chi connectivity index (χ3v) is 6.29. The molecule has 0 fully saturated rings. The van der Waals surface area contributed by atoms with Crippen molar-refractivity contribution in [1.82, 2.24) is 4.98 Å². The smallest absolute Gasteiger partial charge is 0.166 e. The van der Waals surface area contributed by atoms with Crippen molar-refractivity contribution in [3.8, 4) is 28.0 Å². The molecule has 1 aromatic heterocycles. The van der Waals surface area contributed by atoms with E-state index in [1.165, 1.54) is 6.07 Å². The summed E-state index contributed by atoms with van der Waals surface area (Å²) in [5.41, 5.74) is 4.53. The molecule has 0 atom stereocenters. The van der Waals surface area contributed by atoms with Gasteiger partial charge in [-0.3, -0.25) is 4.98 Å². The standard InChI is InChI=1S/C31H30F3NO/c1-3-4-5-18-36-29-17-15-25(19-28(29)32)23-11-7-22(8-12-23)9-13-24-14-16-27(31(34)30(24)33)26-10-6-21(2)35-20-26/h6-8,10-12,14-17,19-20H,3-5,9,13,18H2,1-2H3. The number of nitrogens with zero attached hydrogens (tertiary/aromatic N) is 1. The highest BCUT2D eigenvalue weighted by molar-refractivity contribution is 5.65. The molecule has 36 heavy (non-hydrogen) atoms. The molecule has 0 N–H and O–H groups in total. The van der Waals surface area contributed by atoms with Crippen LogP contribution >= 0.6 is 0 Å². The van der Waals surface area contributed by atoms with Gasteiger partial charge < -0.3 is 4.74 Å². The molecule has 0 amide bonds. The summed E-state index contributed by atoms with van der Waals surface area (Å²) in [4.78, 5) is 4.16. The summed E-state index contributed by atoms with van der Waals surface area (Å²) in [6, 6.07) is 19.4. The molecule has 0 saturated carbocycles. The summed E-state index contributed by atoms with van der Waals surface area (Å²) in [6.45, 7) is 4.46. The fraction of sp³-hybridized carbons (Fsp3) is 0.258. The highest BCUT2D eigenvalue weighted by atomic mass is 19.2. The lowest BCUT2D eigenvalue weighted by atomic mass is 9.98. The van der Waals surface area contributed by atoms with E-state index >= 15 is 0 Å². The van der Waals surface area contributed by atoms with Crippen molar-refractivity contribution >= 4 is 0 Å². The molecular formula is C31H30F3NO. The Kier molecular flexibility index (Phi) is 8.42. The summed E-state index contributed by atoms with van der Waals surface area (Å²) in [5, 5.41) is 0. The van der Waals surface area contributed by atoms with Crippen molar-refractivity contribution in [3.63, 3.8) is 0 Å². The van der Waals surface area contributed by atoms with Gasteiger partial charge in [0.05, 0.1) is 6.61 Å². The van der Waals surface area contributed by atoms with Crippen molar-refractivity contribution in [1.29, 1.82) is 0 Å². The summed E-state index contributed by atoms with van der Waals surface area (Å²) in [6.07, 6.45) is 5.53. The number of hydrogen-bond acceptors (Lipinski definition) is 2. The number of unbranched alkanes of at least 4 members (excludes halogenated alkanes) is 2. The zero-order valence-electron chi connectivity index (χ0n) is 20.7. The van der Waals surface area contributed by atoms with E-state index in [4.69, 9.17) is 4.74 Å². The molecule has 1 heterocycles. The first-order valence-electron chi connectivity index (χ1n) is 12.4. The van der Waals surface area contributed by atoms with Gasteiger partial charge in [-0.2, -0.15) is 0 Å². The second-order valence-electron chi connectivity index (χ2n) is 8.99. The summed E-state index contributed by atoms with van der Waals surface area (Å²) in [5.74, 6) is -1.79. The van der Waals surface area contributed by atoms with E-state index in [0.29, 0.717) is 30.6 Å². The number of hydrogen-bond donors (Lipinski definition) is 0. The molecule has 4 rings (SSSR count). The Morgan fingerprint density at radius 2 is 1.50 bits per heavy atom. The van der Waals surface area contributed by atoms with Crippen molar-refractivity contribution < 1.29 is 17.9 Å². The fourth-order valence-corrected chi connectivity index (χ4v) is 4.11. The van der Waals surface area contributed by atoms with Gasteiger partial charge in [-0.25, -0.2) is 13.2 Å². The number of aromatic nitrogens is 1. The normalized spacial score (nSPS) is 11.0. The highest BCUT2D eigenvalue weighted by Gasteiger charge is 2.15. The van der Waals surface area contributed by atoms with Crippen LogP contribution in [0, 0.1) is 24.4 Å². The summed E-state index contributed by atoms with van der Waals surface area (Å²) in [7, 11) is 0. The van der Waals surface area contributed by atoms with Crippen LogP contribution in [-0.2, 0) is 12.8 Å². The van der Waals surface area contributed by atoms with Gasteiger partial charge in [0.25, 0.3) is 0 Å². The number of ether oxygens (including phenoxy) is 1. The van der Waals surface area contributed by atoms with E-state index in [9.17, 15) is 13.2 Å². The van der Waals surface area contributed by atoms with Crippen LogP contribution in [0.4, 0.5) is 13.2 Å². The minimum Gasteiger partial charge on any atom is -0.491 e. The first kappa shape index (κ1) is 25.5. The van der Waals surface area contributed by atoms with E-state index in [1.54, 1.807) is 36.5 Å². The Bertz CT molecular complexity index is 1300. The Hall–Kier alpha value is -3.60. The maximum Gasteiger partial charge on any atom is 0.166 e. The maximum atomic E-state index is 14.8. The van der Waals surface area contributed by atoms with Gasteiger partial charge in [0.1, 0.15) is 0 Å². The average molecular weight is 490 g/mol. The lowest BCUT2D eigenvalue weighted by Crippen LogP contribution is -2.00. The van der Waals surface area contributed by atoms with Gasteiger partial charge in [0, 0.05) is 23.0 Å². The predicted molar refractivity (Wildman–Crippen MR) is 139 cm³/mol. The van der Waals surface area contributed by atoms with Crippen LogP contribution in [-0.4, -0.2) is 11.6 Å². The molecule has 0 unspecified atom stereocenters. The largest absolute Gasteiger partial charge is 0.491 e. The molecule has 5 heteroatoms. The van der Waals surface area contributed by atoms with Gasteiger partial charge in [0.2, 0.25) is 0 Å². The van der Waals surface area contributed by atoms with Crippen molar-refractivity contribution in [2.24, 2.45) is 0 Å². The zero-order valence-corrected chi connectivity index (χ0v) is 20.7. The van der Waals surface area contributed by atoms with E-state index in [2.05, 4.69) is 11.9 Å². The minimum absolute atomic E-state index is 0.206. The van der Waals surface area contributed by atoms with Gasteiger partial charge >= 0.3 is 0 Å². The van der Waals surface area contributed by atoms with Crippen LogP contribution in [0.5, 0.6) is 5.75 Å². The maximum absolute atomic E-state index is 14.8. The third kappa shape index (κ3) is 6.14. The molecule has 0 radical (unpaired) electrons. The molecule has 0 aliphatic rings. The van der Waals surface area contributed by atoms with E-state index in [1.807, 2.05) is 37.3 Å². The van der Waals surface area contributed by atoms with Crippen molar-refractivity contribution in [2.45, 2.75) is 46.0 Å². The van der Waals surface area contributed by atoms with Crippen molar-refractivity contribution in [2.75, 3.05) is 6.61 Å². The van der Waals surface area contributed by atoms with Crippen molar-refractivity contribution in [3.05, 3.63) is 107 Å². The first-order valence-corrected chi connectivity index (χ1v) is 12.4. The highest BCUT2D eigenvalue weighted by Crippen LogP contribution is 2.28. The van der Waals surface area contributed by atoms with Crippen LogP contribution < -0.4 is 4.74 Å². The molecule has 0 bridgehead atoms. The molecule has 4 aromatic rings. The summed E-state index contributed by atoms with van der Waals surface area (Å²) >= 11 is 0. The zero-order chi connectivity index (χ0) is 25.5. The molecule has 0 spiro atoms. The Morgan fingerprint density at radius 1 is 0.750 bits per heavy atom. The van der Waals surface area contributed by atoms with Crippen LogP contribution in [0.25, 0.3) is 22.3 Å². The van der Waals surface area contributed by atoms with E-state index in [0.717, 1.165) is 41.6 Å². The van der Waals surface area contributed by atoms with E-state index < -0.39 is 11.6 Å². The Morgan fingerprint density at radius 3 is 2.19 bits per heavy atom. The van der Waals surface area contributed by atoms with Gasteiger partial charge in [-0.15, -0.1) is 0 Å². The van der Waals surface area contributed by atoms with Gasteiger partial charge in [0.15, 0.2) is 23.2 Å². The molecule has 0 saturated heterocycles.